The van der Waals surface area contributed by atoms with E-state index >= 15 is 0 Å². The van der Waals surface area contributed by atoms with Crippen LogP contribution >= 0.6 is 11.6 Å². The molecule has 18 heavy (non-hydrogen) atoms. The molecule has 0 radical (unpaired) electrons. The first-order chi connectivity index (χ1) is 8.36. The Hall–Kier alpha value is -1.96. The van der Waals surface area contributed by atoms with Crippen molar-refractivity contribution >= 4 is 29.1 Å². The maximum Gasteiger partial charge on any atom is 0.332 e. The Kier molecular flexibility index (Phi) is 4.38. The molecular formula is C9H11ClN4O4. The molecule has 1 rings (SSSR count). The second kappa shape index (κ2) is 5.58. The van der Waals surface area contributed by atoms with Crippen molar-refractivity contribution in [2.24, 2.45) is 0 Å². The normalized spacial score (nSPS) is 11.8. The van der Waals surface area contributed by atoms with Crippen molar-refractivity contribution in [1.29, 1.82) is 0 Å². The van der Waals surface area contributed by atoms with Gasteiger partial charge in [-0.2, -0.15) is 4.98 Å². The Bertz CT molecular complexity index is 494. The smallest absolute Gasteiger partial charge is 0.332 e. The van der Waals surface area contributed by atoms with Crippen LogP contribution in [-0.4, -0.2) is 34.0 Å². The van der Waals surface area contributed by atoms with Crippen LogP contribution in [0.5, 0.6) is 0 Å². The maximum absolute atomic E-state index is 11.2. The zero-order valence-electron chi connectivity index (χ0n) is 9.93. The average molecular weight is 275 g/mol. The molecule has 9 heteroatoms. The molecule has 0 fully saturated rings. The lowest BCUT2D eigenvalue weighted by Gasteiger charge is -2.12. The van der Waals surface area contributed by atoms with E-state index in [-0.39, 0.29) is 22.5 Å². The molecule has 0 aromatic carbocycles. The predicted molar refractivity (Wildman–Crippen MR) is 63.5 cm³/mol. The Morgan fingerprint density at radius 1 is 1.56 bits per heavy atom. The summed E-state index contributed by atoms with van der Waals surface area (Å²) in [5, 5.41) is 13.3. The van der Waals surface area contributed by atoms with E-state index in [1.54, 1.807) is 0 Å². The number of hydrogen-bond donors (Lipinski definition) is 1. The first-order valence-corrected chi connectivity index (χ1v) is 5.27. The second-order valence-electron chi connectivity index (χ2n) is 3.42. The molecule has 0 aliphatic rings. The molecule has 1 unspecified atom stereocenters. The number of halogens is 1. The van der Waals surface area contributed by atoms with E-state index in [1.165, 1.54) is 21.0 Å². The number of nitrogens with one attached hydrogen (secondary N) is 1. The van der Waals surface area contributed by atoms with Gasteiger partial charge in [-0.1, -0.05) is 0 Å². The Morgan fingerprint density at radius 2 is 2.17 bits per heavy atom. The summed E-state index contributed by atoms with van der Waals surface area (Å²) in [6, 6.07) is -0.793. The molecule has 98 valence electrons. The number of ether oxygens (including phenoxy) is 1. The molecule has 1 heterocycles. The molecule has 1 aromatic heterocycles. The van der Waals surface area contributed by atoms with Gasteiger partial charge in [0.2, 0.25) is 11.1 Å². The number of nitro groups is 1. The average Bonchev–Trinajstić information content (AvgIpc) is 2.26. The molecule has 0 bridgehead atoms. The summed E-state index contributed by atoms with van der Waals surface area (Å²) in [4.78, 5) is 28.9. The van der Waals surface area contributed by atoms with Gasteiger partial charge in [0.25, 0.3) is 0 Å². The summed E-state index contributed by atoms with van der Waals surface area (Å²) in [5.41, 5.74) is -0.213. The molecule has 1 N–H and O–H groups in total. The summed E-state index contributed by atoms with van der Waals surface area (Å²) in [7, 11) is 1.22. The highest BCUT2D eigenvalue weighted by Crippen LogP contribution is 2.26. The van der Waals surface area contributed by atoms with Gasteiger partial charge in [0.15, 0.2) is 0 Å². The van der Waals surface area contributed by atoms with Crippen molar-refractivity contribution < 1.29 is 14.5 Å². The molecule has 0 saturated heterocycles. The standard InChI is InChI=1S/C9H11ClN4O4/c1-4-6(14(16)17)7(13-9(10)12-4)11-5(2)8(15)18-3/h5H,1-3H3,(H,11,12,13). The molecule has 8 nitrogen and oxygen atoms in total. The summed E-state index contributed by atoms with van der Waals surface area (Å²) in [5.74, 6) is -0.688. The van der Waals surface area contributed by atoms with Gasteiger partial charge in [-0.15, -0.1) is 0 Å². The fraction of sp³-hybridized carbons (Fsp3) is 0.444. The number of carbonyl (C=O) groups is 1. The minimum Gasteiger partial charge on any atom is -0.467 e. The van der Waals surface area contributed by atoms with Gasteiger partial charge < -0.3 is 10.1 Å². The van der Waals surface area contributed by atoms with Crippen LogP contribution in [0.1, 0.15) is 12.6 Å². The molecule has 0 amide bonds. The highest BCUT2D eigenvalue weighted by Gasteiger charge is 2.24. The maximum atomic E-state index is 11.2. The SMILES string of the molecule is COC(=O)C(C)Nc1nc(Cl)nc(C)c1[N+](=O)[O-]. The van der Waals surface area contributed by atoms with Crippen LogP contribution in [0.4, 0.5) is 11.5 Å². The first-order valence-electron chi connectivity index (χ1n) is 4.89. The van der Waals surface area contributed by atoms with Crippen molar-refractivity contribution in [2.45, 2.75) is 19.9 Å². The van der Waals surface area contributed by atoms with Crippen LogP contribution in [0.2, 0.25) is 5.28 Å². The third-order valence-electron chi connectivity index (χ3n) is 2.12. The van der Waals surface area contributed by atoms with E-state index in [4.69, 9.17) is 11.6 Å². The molecule has 0 spiro atoms. The fourth-order valence-electron chi connectivity index (χ4n) is 1.29. The largest absolute Gasteiger partial charge is 0.467 e. The zero-order chi connectivity index (χ0) is 13.9. The first kappa shape index (κ1) is 14.1. The van der Waals surface area contributed by atoms with Crippen LogP contribution in [0.3, 0.4) is 0 Å². The topological polar surface area (TPSA) is 107 Å². The van der Waals surface area contributed by atoms with E-state index in [1.807, 2.05) is 0 Å². The summed E-state index contributed by atoms with van der Waals surface area (Å²) in [6.45, 7) is 2.92. The van der Waals surface area contributed by atoms with Gasteiger partial charge in [-0.3, -0.25) is 10.1 Å². The lowest BCUT2D eigenvalue weighted by Crippen LogP contribution is -2.28. The monoisotopic (exact) mass is 274 g/mol. The summed E-state index contributed by atoms with van der Waals surface area (Å²) < 4.78 is 4.50. The second-order valence-corrected chi connectivity index (χ2v) is 3.76. The lowest BCUT2D eigenvalue weighted by atomic mass is 10.3. The van der Waals surface area contributed by atoms with Crippen LogP contribution in [0.25, 0.3) is 0 Å². The molecule has 1 atom stereocenters. The van der Waals surface area contributed by atoms with Crippen molar-refractivity contribution in [1.82, 2.24) is 9.97 Å². The van der Waals surface area contributed by atoms with Crippen LogP contribution < -0.4 is 5.32 Å². The van der Waals surface area contributed by atoms with Gasteiger partial charge in [-0.25, -0.2) is 9.78 Å². The number of methoxy groups -OCH3 is 1. The Labute approximate surface area is 107 Å². The van der Waals surface area contributed by atoms with Gasteiger partial charge in [0.1, 0.15) is 11.7 Å². The number of aromatic nitrogens is 2. The Balaban J connectivity index is 3.15. The molecule has 0 saturated carbocycles. The number of esters is 1. The van der Waals surface area contributed by atoms with Crippen molar-refractivity contribution in [3.05, 3.63) is 21.1 Å². The van der Waals surface area contributed by atoms with Gasteiger partial charge in [-0.05, 0) is 25.4 Å². The minimum atomic E-state index is -0.793. The van der Waals surface area contributed by atoms with Crippen LogP contribution in [-0.2, 0) is 9.53 Å². The Morgan fingerprint density at radius 3 is 2.67 bits per heavy atom. The summed E-state index contributed by atoms with van der Waals surface area (Å²) in [6.07, 6.45) is 0. The van der Waals surface area contributed by atoms with Gasteiger partial charge in [0.05, 0.1) is 12.0 Å². The number of nitrogens with zero attached hydrogens (tertiary/aromatic N) is 3. The number of hydrogen-bond acceptors (Lipinski definition) is 7. The third-order valence-corrected chi connectivity index (χ3v) is 2.29. The third kappa shape index (κ3) is 3.04. The number of anilines is 1. The van der Waals surface area contributed by atoms with Crippen LogP contribution in [0.15, 0.2) is 0 Å². The molecule has 0 aliphatic carbocycles. The van der Waals surface area contributed by atoms with Crippen molar-refractivity contribution in [3.8, 4) is 0 Å². The predicted octanol–water partition coefficient (Wildman–Crippen LogP) is 1.32. The molecule has 1 aromatic rings. The van der Waals surface area contributed by atoms with Gasteiger partial charge >= 0.3 is 11.7 Å². The van der Waals surface area contributed by atoms with E-state index in [0.29, 0.717) is 0 Å². The van der Waals surface area contributed by atoms with Gasteiger partial charge in [0, 0.05) is 0 Å². The number of rotatable bonds is 4. The van der Waals surface area contributed by atoms with E-state index in [0.717, 1.165) is 0 Å². The molecule has 0 aliphatic heterocycles. The number of aryl methyl sites for hydroxylation is 1. The zero-order valence-corrected chi connectivity index (χ0v) is 10.7. The number of carbonyl (C=O) groups excluding carboxylic acids is 1. The van der Waals surface area contributed by atoms with E-state index in [2.05, 4.69) is 20.0 Å². The van der Waals surface area contributed by atoms with Crippen molar-refractivity contribution in [3.63, 3.8) is 0 Å². The minimum absolute atomic E-state index is 0.111. The summed E-state index contributed by atoms with van der Waals surface area (Å²) >= 11 is 5.62. The van der Waals surface area contributed by atoms with E-state index in [9.17, 15) is 14.9 Å². The quantitative estimate of drug-likeness (QED) is 0.382. The highest BCUT2D eigenvalue weighted by molar-refractivity contribution is 6.28. The van der Waals surface area contributed by atoms with Crippen LogP contribution in [0, 0.1) is 17.0 Å². The van der Waals surface area contributed by atoms with Crippen molar-refractivity contribution in [2.75, 3.05) is 12.4 Å². The molecular weight excluding hydrogens is 264 g/mol. The van der Waals surface area contributed by atoms with E-state index < -0.39 is 16.9 Å². The fourth-order valence-corrected chi connectivity index (χ4v) is 1.50. The lowest BCUT2D eigenvalue weighted by molar-refractivity contribution is -0.385. The highest BCUT2D eigenvalue weighted by atomic mass is 35.5.